The molecule has 0 aliphatic rings. The van der Waals surface area contributed by atoms with Crippen molar-refractivity contribution in [1.82, 2.24) is 14.1 Å². The van der Waals surface area contributed by atoms with Crippen LogP contribution in [-0.4, -0.2) is 14.1 Å². The van der Waals surface area contributed by atoms with Crippen LogP contribution in [0.2, 0.25) is 0 Å². The Balaban J connectivity index is 2.05. The maximum Gasteiger partial charge on any atom is 0.332 e. The minimum absolute atomic E-state index is 0.324. The molecule has 2 aromatic heterocycles. The van der Waals surface area contributed by atoms with Crippen LogP contribution in [-0.2, 0) is 13.6 Å². The van der Waals surface area contributed by atoms with Gasteiger partial charge in [0.2, 0.25) is 0 Å². The molecular weight excluding hydrogens is 342 g/mol. The Morgan fingerprint density at radius 3 is 2.63 bits per heavy atom. The van der Waals surface area contributed by atoms with Crippen molar-refractivity contribution in [3.8, 4) is 11.5 Å². The van der Waals surface area contributed by atoms with E-state index < -0.39 is 0 Å². The maximum atomic E-state index is 12.8. The van der Waals surface area contributed by atoms with Crippen molar-refractivity contribution in [2.75, 3.05) is 0 Å². The van der Waals surface area contributed by atoms with Crippen molar-refractivity contribution in [1.29, 1.82) is 0 Å². The van der Waals surface area contributed by atoms with Crippen molar-refractivity contribution < 1.29 is 4.74 Å². The number of ether oxygens (including phenoxy) is 1. The second kappa shape index (κ2) is 7.78. The van der Waals surface area contributed by atoms with Crippen LogP contribution in [0.5, 0.6) is 11.5 Å². The third-order valence-corrected chi connectivity index (χ3v) is 4.65. The van der Waals surface area contributed by atoms with Gasteiger partial charge in [-0.05, 0) is 36.1 Å². The summed E-state index contributed by atoms with van der Waals surface area (Å²) in [7, 11) is 1.63. The predicted octanol–water partition coefficient (Wildman–Crippen LogP) is 3.81. The first-order valence-corrected chi connectivity index (χ1v) is 9.29. The van der Waals surface area contributed by atoms with Gasteiger partial charge in [-0.25, -0.2) is 9.78 Å². The fraction of sp³-hybridized carbons (Fsp3) is 0.381. The minimum Gasteiger partial charge on any atom is -0.456 e. The van der Waals surface area contributed by atoms with Gasteiger partial charge in [0.05, 0.1) is 11.6 Å². The van der Waals surface area contributed by atoms with Gasteiger partial charge in [0, 0.05) is 13.6 Å². The first-order chi connectivity index (χ1) is 12.9. The van der Waals surface area contributed by atoms with Crippen molar-refractivity contribution in [3.05, 3.63) is 62.9 Å². The largest absolute Gasteiger partial charge is 0.456 e. The Morgan fingerprint density at radius 2 is 1.93 bits per heavy atom. The van der Waals surface area contributed by atoms with Crippen LogP contribution in [0.15, 0.2) is 46.1 Å². The number of benzene rings is 1. The highest BCUT2D eigenvalue weighted by Crippen LogP contribution is 2.25. The molecule has 27 heavy (non-hydrogen) atoms. The van der Waals surface area contributed by atoms with E-state index in [1.54, 1.807) is 19.3 Å². The van der Waals surface area contributed by atoms with Crippen LogP contribution in [0.25, 0.3) is 11.0 Å². The second-order valence-corrected chi connectivity index (χ2v) is 7.02. The molecular formula is C21H25N3O3. The van der Waals surface area contributed by atoms with E-state index in [2.05, 4.69) is 24.9 Å². The number of unbranched alkanes of at least 4 members (excludes halogenated alkanes) is 1. The zero-order chi connectivity index (χ0) is 19.6. The van der Waals surface area contributed by atoms with Gasteiger partial charge in [0.1, 0.15) is 17.1 Å². The summed E-state index contributed by atoms with van der Waals surface area (Å²) in [5.74, 6) is 1.56. The fourth-order valence-corrected chi connectivity index (χ4v) is 3.01. The van der Waals surface area contributed by atoms with E-state index in [9.17, 15) is 9.59 Å². The lowest BCUT2D eigenvalue weighted by atomic mass is 10.0. The molecule has 2 heterocycles. The van der Waals surface area contributed by atoms with Gasteiger partial charge < -0.3 is 4.74 Å². The molecule has 0 N–H and O–H groups in total. The quantitative estimate of drug-likeness (QED) is 0.664. The number of pyridine rings is 1. The zero-order valence-corrected chi connectivity index (χ0v) is 16.2. The lowest BCUT2D eigenvalue weighted by Crippen LogP contribution is -2.39. The molecule has 3 rings (SSSR count). The number of aromatic nitrogens is 3. The van der Waals surface area contributed by atoms with E-state index >= 15 is 0 Å². The molecule has 0 fully saturated rings. The first kappa shape index (κ1) is 18.9. The summed E-state index contributed by atoms with van der Waals surface area (Å²) in [4.78, 5) is 29.6. The molecule has 0 unspecified atom stereocenters. The van der Waals surface area contributed by atoms with Crippen LogP contribution < -0.4 is 16.0 Å². The third kappa shape index (κ3) is 3.79. The van der Waals surface area contributed by atoms with E-state index in [-0.39, 0.29) is 11.2 Å². The van der Waals surface area contributed by atoms with E-state index in [1.165, 1.54) is 14.7 Å². The SMILES string of the molecule is CCCCn1c(=O)c2cc(Oc3cccc(C(C)C)c3)cnc2n(C)c1=O. The normalized spacial score (nSPS) is 11.3. The molecule has 6 nitrogen and oxygen atoms in total. The van der Waals surface area contributed by atoms with Crippen LogP contribution >= 0.6 is 0 Å². The second-order valence-electron chi connectivity index (χ2n) is 7.02. The van der Waals surface area contributed by atoms with E-state index in [4.69, 9.17) is 4.74 Å². The molecule has 0 aliphatic carbocycles. The summed E-state index contributed by atoms with van der Waals surface area (Å²) in [6, 6.07) is 9.51. The van der Waals surface area contributed by atoms with Gasteiger partial charge in [0.15, 0.2) is 0 Å². The number of aryl methyl sites for hydroxylation is 1. The van der Waals surface area contributed by atoms with Crippen LogP contribution in [0, 0.1) is 0 Å². The topological polar surface area (TPSA) is 66.1 Å². The van der Waals surface area contributed by atoms with Gasteiger partial charge in [-0.15, -0.1) is 0 Å². The Morgan fingerprint density at radius 1 is 1.15 bits per heavy atom. The molecule has 142 valence electrons. The lowest BCUT2D eigenvalue weighted by Gasteiger charge is -2.12. The van der Waals surface area contributed by atoms with Crippen LogP contribution in [0.4, 0.5) is 0 Å². The molecule has 3 aromatic rings. The van der Waals surface area contributed by atoms with Gasteiger partial charge in [-0.3, -0.25) is 13.9 Å². The van der Waals surface area contributed by atoms with Gasteiger partial charge in [-0.2, -0.15) is 0 Å². The number of nitrogens with zero attached hydrogens (tertiary/aromatic N) is 3. The highest BCUT2D eigenvalue weighted by Gasteiger charge is 2.13. The molecule has 1 aromatic carbocycles. The van der Waals surface area contributed by atoms with Gasteiger partial charge >= 0.3 is 5.69 Å². The highest BCUT2D eigenvalue weighted by atomic mass is 16.5. The lowest BCUT2D eigenvalue weighted by molar-refractivity contribution is 0.479. The maximum absolute atomic E-state index is 12.8. The predicted molar refractivity (Wildman–Crippen MR) is 107 cm³/mol. The number of rotatable bonds is 6. The minimum atomic E-state index is -0.341. The van der Waals surface area contributed by atoms with Crippen molar-refractivity contribution >= 4 is 11.0 Å². The molecule has 6 heteroatoms. The standard InChI is InChI=1S/C21H25N3O3/c1-5-6-10-24-20(25)18-12-17(13-22-19(18)23(4)21(24)26)27-16-9-7-8-15(11-16)14(2)3/h7-9,11-14H,5-6,10H2,1-4H3. The van der Waals surface area contributed by atoms with E-state index in [0.29, 0.717) is 35.0 Å². The Bertz CT molecular complexity index is 1080. The zero-order valence-electron chi connectivity index (χ0n) is 16.2. The molecule has 0 amide bonds. The van der Waals surface area contributed by atoms with Crippen LogP contribution in [0.3, 0.4) is 0 Å². The van der Waals surface area contributed by atoms with E-state index in [1.807, 2.05) is 25.1 Å². The summed E-state index contributed by atoms with van der Waals surface area (Å²) in [6.45, 7) is 6.67. The smallest absolute Gasteiger partial charge is 0.332 e. The number of fused-ring (bicyclic) bond motifs is 1. The molecule has 0 spiro atoms. The molecule has 0 saturated carbocycles. The van der Waals surface area contributed by atoms with Crippen molar-refractivity contribution in [2.24, 2.45) is 7.05 Å². The molecule has 0 atom stereocenters. The van der Waals surface area contributed by atoms with Crippen molar-refractivity contribution in [3.63, 3.8) is 0 Å². The average Bonchev–Trinajstić information content (AvgIpc) is 2.66. The Hall–Kier alpha value is -2.89. The summed E-state index contributed by atoms with van der Waals surface area (Å²) in [5.41, 5.74) is 0.869. The Labute approximate surface area is 158 Å². The summed E-state index contributed by atoms with van der Waals surface area (Å²) in [5, 5.41) is 0.380. The van der Waals surface area contributed by atoms with Gasteiger partial charge in [-0.1, -0.05) is 39.3 Å². The molecule has 0 bridgehead atoms. The number of hydrogen-bond donors (Lipinski definition) is 0. The molecule has 0 aliphatic heterocycles. The summed E-state index contributed by atoms with van der Waals surface area (Å²) < 4.78 is 8.61. The van der Waals surface area contributed by atoms with Crippen LogP contribution in [0.1, 0.15) is 45.1 Å². The molecule has 0 saturated heterocycles. The highest BCUT2D eigenvalue weighted by molar-refractivity contribution is 5.75. The fourth-order valence-electron chi connectivity index (χ4n) is 3.01. The summed E-state index contributed by atoms with van der Waals surface area (Å²) >= 11 is 0. The number of hydrogen-bond acceptors (Lipinski definition) is 4. The van der Waals surface area contributed by atoms with Crippen molar-refractivity contribution in [2.45, 2.75) is 46.1 Å². The monoisotopic (exact) mass is 367 g/mol. The first-order valence-electron chi connectivity index (χ1n) is 9.29. The Kier molecular flexibility index (Phi) is 5.44. The summed E-state index contributed by atoms with van der Waals surface area (Å²) in [6.07, 6.45) is 3.22. The van der Waals surface area contributed by atoms with Gasteiger partial charge in [0.25, 0.3) is 5.56 Å². The van der Waals surface area contributed by atoms with E-state index in [0.717, 1.165) is 12.8 Å². The third-order valence-electron chi connectivity index (χ3n) is 4.65. The molecule has 0 radical (unpaired) electrons. The average molecular weight is 367 g/mol.